The van der Waals surface area contributed by atoms with Crippen LogP contribution < -0.4 is 15.5 Å². The Hall–Kier alpha value is -1.89. The van der Waals surface area contributed by atoms with E-state index in [-0.39, 0.29) is 0 Å². The summed E-state index contributed by atoms with van der Waals surface area (Å²) in [5.74, 6) is 1.80. The van der Waals surface area contributed by atoms with Crippen molar-refractivity contribution >= 4 is 11.9 Å². The van der Waals surface area contributed by atoms with Crippen molar-refractivity contribution in [1.82, 2.24) is 25.5 Å². The van der Waals surface area contributed by atoms with Gasteiger partial charge in [0.1, 0.15) is 0 Å². The molecule has 28 heavy (non-hydrogen) atoms. The van der Waals surface area contributed by atoms with E-state index in [0.717, 1.165) is 64.1 Å². The predicted molar refractivity (Wildman–Crippen MR) is 116 cm³/mol. The molecule has 0 spiro atoms. The Morgan fingerprint density at radius 1 is 1.11 bits per heavy atom. The van der Waals surface area contributed by atoms with Crippen molar-refractivity contribution in [3.8, 4) is 0 Å². The van der Waals surface area contributed by atoms with Gasteiger partial charge in [0.25, 0.3) is 0 Å². The summed E-state index contributed by atoms with van der Waals surface area (Å²) < 4.78 is 0. The van der Waals surface area contributed by atoms with Crippen LogP contribution in [0, 0.1) is 5.41 Å². The van der Waals surface area contributed by atoms with Crippen LogP contribution in [0.1, 0.15) is 45.4 Å². The van der Waals surface area contributed by atoms with Crippen molar-refractivity contribution in [2.75, 3.05) is 57.8 Å². The lowest BCUT2D eigenvalue weighted by Gasteiger charge is -2.34. The lowest BCUT2D eigenvalue weighted by Crippen LogP contribution is -2.48. The van der Waals surface area contributed by atoms with Crippen molar-refractivity contribution in [2.24, 2.45) is 10.4 Å². The monoisotopic (exact) mass is 387 g/mol. The van der Waals surface area contributed by atoms with Crippen molar-refractivity contribution in [3.63, 3.8) is 0 Å². The number of nitrogens with one attached hydrogen (secondary N) is 2. The highest BCUT2D eigenvalue weighted by atomic mass is 15.3. The van der Waals surface area contributed by atoms with Gasteiger partial charge in [-0.2, -0.15) is 0 Å². The van der Waals surface area contributed by atoms with Gasteiger partial charge in [-0.15, -0.1) is 0 Å². The van der Waals surface area contributed by atoms with Crippen LogP contribution in [0.25, 0.3) is 0 Å². The minimum atomic E-state index is 0.486. The Bertz CT molecular complexity index is 590. The Balaban J connectivity index is 1.30. The Kier molecular flexibility index (Phi) is 7.89. The first-order chi connectivity index (χ1) is 13.7. The summed E-state index contributed by atoms with van der Waals surface area (Å²) in [7, 11) is 1.87. The Morgan fingerprint density at radius 3 is 2.46 bits per heavy atom. The molecule has 0 radical (unpaired) electrons. The number of nitrogens with zero attached hydrogens (tertiary/aromatic N) is 5. The summed E-state index contributed by atoms with van der Waals surface area (Å²) in [6, 6.07) is 1.87. The van der Waals surface area contributed by atoms with E-state index in [1.807, 2.05) is 25.5 Å². The third-order valence-corrected chi connectivity index (χ3v) is 6.42. The summed E-state index contributed by atoms with van der Waals surface area (Å²) in [6.45, 7) is 9.60. The maximum Gasteiger partial charge on any atom is 0.225 e. The second-order valence-corrected chi connectivity index (χ2v) is 8.14. The largest absolute Gasteiger partial charge is 0.356 e. The van der Waals surface area contributed by atoms with Gasteiger partial charge in [-0.05, 0) is 43.7 Å². The minimum absolute atomic E-state index is 0.486. The van der Waals surface area contributed by atoms with Crippen LogP contribution in [0.2, 0.25) is 0 Å². The third kappa shape index (κ3) is 5.80. The molecule has 2 aliphatic rings. The molecule has 0 unspecified atom stereocenters. The first kappa shape index (κ1) is 20.8. The molecule has 2 fully saturated rings. The fourth-order valence-corrected chi connectivity index (χ4v) is 4.41. The van der Waals surface area contributed by atoms with Crippen LogP contribution in [-0.2, 0) is 0 Å². The van der Waals surface area contributed by atoms with Gasteiger partial charge < -0.3 is 15.5 Å². The standard InChI is InChI=1S/C21H37N7/c1-3-21(8-4-5-9-21)18-26-19(22-2)23-12-7-13-27-14-16-28(17-15-27)20-24-10-6-11-25-20/h6,10-11H,3-5,7-9,12-18H2,1-2H3,(H2,22,23,26). The molecule has 1 saturated heterocycles. The molecule has 3 rings (SSSR count). The molecule has 1 aromatic rings. The van der Waals surface area contributed by atoms with Gasteiger partial charge in [-0.25, -0.2) is 9.97 Å². The van der Waals surface area contributed by atoms with Gasteiger partial charge in [0.2, 0.25) is 5.95 Å². The van der Waals surface area contributed by atoms with Gasteiger partial charge >= 0.3 is 0 Å². The van der Waals surface area contributed by atoms with E-state index in [0.29, 0.717) is 5.41 Å². The summed E-state index contributed by atoms with van der Waals surface area (Å²) in [5, 5.41) is 7.06. The van der Waals surface area contributed by atoms with Crippen molar-refractivity contribution in [3.05, 3.63) is 18.5 Å². The lowest BCUT2D eigenvalue weighted by atomic mass is 9.83. The molecular formula is C21H37N7. The molecule has 0 aromatic carbocycles. The zero-order valence-corrected chi connectivity index (χ0v) is 17.7. The Morgan fingerprint density at radius 2 is 1.82 bits per heavy atom. The van der Waals surface area contributed by atoms with E-state index in [2.05, 4.69) is 42.3 Å². The number of aromatic nitrogens is 2. The average Bonchev–Trinajstić information content (AvgIpc) is 3.24. The minimum Gasteiger partial charge on any atom is -0.356 e. The van der Waals surface area contributed by atoms with Crippen LogP contribution in [0.5, 0.6) is 0 Å². The van der Waals surface area contributed by atoms with E-state index in [4.69, 9.17) is 0 Å². The second kappa shape index (κ2) is 10.6. The van der Waals surface area contributed by atoms with Crippen LogP contribution in [0.4, 0.5) is 5.95 Å². The topological polar surface area (TPSA) is 68.7 Å². The van der Waals surface area contributed by atoms with Gasteiger partial charge in [-0.3, -0.25) is 9.89 Å². The van der Waals surface area contributed by atoms with Crippen molar-refractivity contribution < 1.29 is 0 Å². The molecule has 7 nitrogen and oxygen atoms in total. The maximum atomic E-state index is 4.40. The first-order valence-corrected chi connectivity index (χ1v) is 10.9. The smallest absolute Gasteiger partial charge is 0.225 e. The molecule has 156 valence electrons. The SMILES string of the molecule is CCC1(CNC(=NC)NCCCN2CCN(c3ncccn3)CC2)CCCC1. The first-order valence-electron chi connectivity index (χ1n) is 10.9. The van der Waals surface area contributed by atoms with Crippen LogP contribution >= 0.6 is 0 Å². The fraction of sp³-hybridized carbons (Fsp3) is 0.762. The number of aliphatic imine (C=N–C) groups is 1. The van der Waals surface area contributed by atoms with E-state index in [9.17, 15) is 0 Å². The normalized spacial score (nSPS) is 20.4. The van der Waals surface area contributed by atoms with Gasteiger partial charge in [0.05, 0.1) is 0 Å². The molecule has 7 heteroatoms. The number of piperazine rings is 1. The molecule has 1 aliphatic carbocycles. The van der Waals surface area contributed by atoms with Gasteiger partial charge in [0, 0.05) is 58.7 Å². The van der Waals surface area contributed by atoms with Crippen molar-refractivity contribution in [1.29, 1.82) is 0 Å². The summed E-state index contributed by atoms with van der Waals surface area (Å²) in [6.07, 6.45) is 11.5. The zero-order valence-electron chi connectivity index (χ0n) is 17.7. The molecule has 1 saturated carbocycles. The number of hydrogen-bond donors (Lipinski definition) is 2. The fourth-order valence-electron chi connectivity index (χ4n) is 4.41. The number of rotatable bonds is 8. The third-order valence-electron chi connectivity index (χ3n) is 6.42. The van der Waals surface area contributed by atoms with Crippen LogP contribution in [0.15, 0.2) is 23.5 Å². The highest BCUT2D eigenvalue weighted by Crippen LogP contribution is 2.40. The predicted octanol–water partition coefficient (Wildman–Crippen LogP) is 2.12. The molecule has 1 aromatic heterocycles. The summed E-state index contributed by atoms with van der Waals surface area (Å²) in [5.41, 5.74) is 0.486. The molecular weight excluding hydrogens is 350 g/mol. The van der Waals surface area contributed by atoms with Gasteiger partial charge in [-0.1, -0.05) is 19.8 Å². The van der Waals surface area contributed by atoms with E-state index < -0.39 is 0 Å². The number of guanidine groups is 1. The summed E-state index contributed by atoms with van der Waals surface area (Å²) in [4.78, 5) is 17.9. The lowest BCUT2D eigenvalue weighted by molar-refractivity contribution is 0.254. The molecule has 1 aliphatic heterocycles. The molecule has 0 atom stereocenters. The number of hydrogen-bond acceptors (Lipinski definition) is 5. The Labute approximate surface area is 170 Å². The van der Waals surface area contributed by atoms with E-state index in [1.54, 1.807) is 0 Å². The maximum absolute atomic E-state index is 4.40. The quantitative estimate of drug-likeness (QED) is 0.405. The average molecular weight is 388 g/mol. The number of anilines is 1. The van der Waals surface area contributed by atoms with Gasteiger partial charge in [0.15, 0.2) is 5.96 Å². The van der Waals surface area contributed by atoms with Crippen LogP contribution in [0.3, 0.4) is 0 Å². The van der Waals surface area contributed by atoms with Crippen molar-refractivity contribution in [2.45, 2.75) is 45.4 Å². The highest BCUT2D eigenvalue weighted by molar-refractivity contribution is 5.79. The second-order valence-electron chi connectivity index (χ2n) is 8.14. The van der Waals surface area contributed by atoms with E-state index >= 15 is 0 Å². The van der Waals surface area contributed by atoms with Crippen LogP contribution in [-0.4, -0.2) is 73.7 Å². The van der Waals surface area contributed by atoms with E-state index in [1.165, 1.54) is 32.1 Å². The summed E-state index contributed by atoms with van der Waals surface area (Å²) >= 11 is 0. The molecule has 0 amide bonds. The molecule has 0 bridgehead atoms. The highest BCUT2D eigenvalue weighted by Gasteiger charge is 2.31. The molecule has 2 N–H and O–H groups in total. The molecule has 2 heterocycles. The zero-order chi connectivity index (χ0) is 19.7.